The summed E-state index contributed by atoms with van der Waals surface area (Å²) in [4.78, 5) is 30.4. The molecule has 5 heteroatoms. The molecule has 186 valence electrons. The van der Waals surface area contributed by atoms with Gasteiger partial charge in [0.15, 0.2) is 0 Å². The van der Waals surface area contributed by atoms with Gasteiger partial charge in [-0.25, -0.2) is 0 Å². The highest BCUT2D eigenvalue weighted by atomic mass is 16.2. The lowest BCUT2D eigenvalue weighted by Crippen LogP contribution is -2.44. The van der Waals surface area contributed by atoms with Crippen LogP contribution in [0.15, 0.2) is 72.9 Å². The Kier molecular flexibility index (Phi) is 9.71. The molecule has 0 atom stereocenters. The van der Waals surface area contributed by atoms with Gasteiger partial charge in [-0.15, -0.1) is 0 Å². The van der Waals surface area contributed by atoms with Crippen LogP contribution in [-0.2, 0) is 17.9 Å². The molecule has 35 heavy (non-hydrogen) atoms. The van der Waals surface area contributed by atoms with Crippen LogP contribution in [-0.4, -0.2) is 45.8 Å². The maximum atomic E-state index is 13.5. The molecule has 0 N–H and O–H groups in total. The highest BCUT2D eigenvalue weighted by Crippen LogP contribution is 2.14. The van der Waals surface area contributed by atoms with Gasteiger partial charge in [-0.05, 0) is 49.1 Å². The van der Waals surface area contributed by atoms with Gasteiger partial charge in [0.1, 0.15) is 6.54 Å². The van der Waals surface area contributed by atoms with Crippen molar-refractivity contribution in [1.82, 2.24) is 14.4 Å². The van der Waals surface area contributed by atoms with E-state index in [4.69, 9.17) is 0 Å². The molecule has 0 radical (unpaired) electrons. The van der Waals surface area contributed by atoms with E-state index in [1.807, 2.05) is 41.3 Å². The zero-order valence-corrected chi connectivity index (χ0v) is 21.6. The zero-order valence-electron chi connectivity index (χ0n) is 21.6. The summed E-state index contributed by atoms with van der Waals surface area (Å²) in [6, 6.07) is 21.9. The van der Waals surface area contributed by atoms with Crippen LogP contribution in [0.5, 0.6) is 0 Å². The Labute approximate surface area is 210 Å². The Morgan fingerprint density at radius 3 is 2.40 bits per heavy atom. The Hall–Kier alpha value is -3.34. The minimum Gasteiger partial charge on any atom is -0.345 e. The van der Waals surface area contributed by atoms with Crippen molar-refractivity contribution in [3.63, 3.8) is 0 Å². The van der Waals surface area contributed by atoms with Crippen molar-refractivity contribution in [2.24, 2.45) is 5.92 Å². The molecular formula is C30H39N3O2. The summed E-state index contributed by atoms with van der Waals surface area (Å²) in [5.41, 5.74) is 4.20. The van der Waals surface area contributed by atoms with Gasteiger partial charge in [-0.1, -0.05) is 75.2 Å². The lowest BCUT2D eigenvalue weighted by molar-refractivity contribution is -0.132. The lowest BCUT2D eigenvalue weighted by atomic mass is 10.1. The summed E-state index contributed by atoms with van der Waals surface area (Å²) in [6.07, 6.45) is 4.01. The second-order valence-corrected chi connectivity index (χ2v) is 9.73. The van der Waals surface area contributed by atoms with E-state index < -0.39 is 0 Å². The van der Waals surface area contributed by atoms with Crippen molar-refractivity contribution in [3.8, 4) is 0 Å². The van der Waals surface area contributed by atoms with E-state index in [2.05, 4.69) is 68.8 Å². The van der Waals surface area contributed by atoms with Gasteiger partial charge in [-0.3, -0.25) is 9.59 Å². The van der Waals surface area contributed by atoms with Gasteiger partial charge in [0.2, 0.25) is 5.91 Å². The van der Waals surface area contributed by atoms with Gasteiger partial charge in [0.05, 0.1) is 6.54 Å². The smallest absolute Gasteiger partial charge is 0.254 e. The number of aryl methyl sites for hydroxylation is 1. The topological polar surface area (TPSA) is 45.6 Å². The summed E-state index contributed by atoms with van der Waals surface area (Å²) in [5, 5.41) is 0. The SMILES string of the molecule is CCCCN(Cc1cccn1Cc1cccc(C)c1)C(=O)CN(CC(C)C)C(=O)c1ccccc1. The zero-order chi connectivity index (χ0) is 25.2. The third-order valence-electron chi connectivity index (χ3n) is 6.07. The van der Waals surface area contributed by atoms with Crippen LogP contribution >= 0.6 is 0 Å². The van der Waals surface area contributed by atoms with Crippen LogP contribution in [0.4, 0.5) is 0 Å². The highest BCUT2D eigenvalue weighted by molar-refractivity contribution is 5.96. The molecule has 2 amide bonds. The van der Waals surface area contributed by atoms with Crippen LogP contribution in [0.3, 0.4) is 0 Å². The third-order valence-corrected chi connectivity index (χ3v) is 6.07. The molecule has 0 fully saturated rings. The van der Waals surface area contributed by atoms with Crippen LogP contribution in [0.2, 0.25) is 0 Å². The molecule has 2 aromatic carbocycles. The first-order valence-electron chi connectivity index (χ1n) is 12.7. The summed E-state index contributed by atoms with van der Waals surface area (Å²) >= 11 is 0. The van der Waals surface area contributed by atoms with Gasteiger partial charge >= 0.3 is 0 Å². The normalized spacial score (nSPS) is 11.0. The molecule has 0 spiro atoms. The highest BCUT2D eigenvalue weighted by Gasteiger charge is 2.23. The van der Waals surface area contributed by atoms with Crippen LogP contribution in [0, 0.1) is 12.8 Å². The largest absolute Gasteiger partial charge is 0.345 e. The minimum atomic E-state index is -0.0917. The van der Waals surface area contributed by atoms with Crippen molar-refractivity contribution in [2.45, 2.75) is 53.6 Å². The fourth-order valence-corrected chi connectivity index (χ4v) is 4.28. The van der Waals surface area contributed by atoms with Crippen molar-refractivity contribution >= 4 is 11.8 Å². The molecule has 1 heterocycles. The maximum Gasteiger partial charge on any atom is 0.254 e. The van der Waals surface area contributed by atoms with Crippen LogP contribution in [0.1, 0.15) is 60.8 Å². The Balaban J connectivity index is 1.76. The van der Waals surface area contributed by atoms with Crippen molar-refractivity contribution < 1.29 is 9.59 Å². The molecule has 0 aliphatic rings. The molecule has 1 aromatic heterocycles. The Morgan fingerprint density at radius 1 is 0.943 bits per heavy atom. The average Bonchev–Trinajstić information content (AvgIpc) is 3.27. The van der Waals surface area contributed by atoms with Gasteiger partial charge in [0, 0.05) is 37.1 Å². The molecule has 0 saturated heterocycles. The number of hydrogen-bond donors (Lipinski definition) is 0. The van der Waals surface area contributed by atoms with E-state index in [0.29, 0.717) is 25.2 Å². The number of carbonyl (C=O) groups excluding carboxylic acids is 2. The number of amides is 2. The molecule has 0 bridgehead atoms. The van der Waals surface area contributed by atoms with Gasteiger partial charge in [-0.2, -0.15) is 0 Å². The lowest BCUT2D eigenvalue weighted by Gasteiger charge is -2.29. The molecule has 5 nitrogen and oxygen atoms in total. The van der Waals surface area contributed by atoms with E-state index >= 15 is 0 Å². The molecule has 0 saturated carbocycles. The van der Waals surface area contributed by atoms with E-state index in [9.17, 15) is 9.59 Å². The van der Waals surface area contributed by atoms with Crippen molar-refractivity contribution in [1.29, 1.82) is 0 Å². The summed E-state index contributed by atoms with van der Waals surface area (Å²) in [7, 11) is 0. The number of benzene rings is 2. The number of hydrogen-bond acceptors (Lipinski definition) is 2. The molecule has 0 aliphatic heterocycles. The maximum absolute atomic E-state index is 13.5. The number of carbonyl (C=O) groups is 2. The predicted molar refractivity (Wildman–Crippen MR) is 142 cm³/mol. The van der Waals surface area contributed by atoms with Crippen molar-refractivity contribution in [3.05, 3.63) is 95.3 Å². The Morgan fingerprint density at radius 2 is 1.71 bits per heavy atom. The molecule has 3 aromatic rings. The van der Waals surface area contributed by atoms with Crippen LogP contribution in [0.25, 0.3) is 0 Å². The number of nitrogens with zero attached hydrogens (tertiary/aromatic N) is 3. The standard InChI is InChI=1S/C30H39N3O2/c1-5-6-17-32(22-28-16-11-18-31(28)21-26-13-10-12-25(4)19-26)29(34)23-33(20-24(2)3)30(35)27-14-8-7-9-15-27/h7-16,18-19,24H,5-6,17,20-23H2,1-4H3. The quantitative estimate of drug-likeness (QED) is 0.335. The van der Waals surface area contributed by atoms with E-state index in [1.54, 1.807) is 4.90 Å². The Bertz CT molecular complexity index is 1090. The second-order valence-electron chi connectivity index (χ2n) is 9.73. The third kappa shape index (κ3) is 7.84. The van der Waals surface area contributed by atoms with E-state index in [-0.39, 0.29) is 24.3 Å². The second kappa shape index (κ2) is 12.9. The van der Waals surface area contributed by atoms with E-state index in [0.717, 1.165) is 25.1 Å². The van der Waals surface area contributed by atoms with Crippen molar-refractivity contribution in [2.75, 3.05) is 19.6 Å². The average molecular weight is 474 g/mol. The van der Waals surface area contributed by atoms with Gasteiger partial charge in [0.25, 0.3) is 5.91 Å². The number of unbranched alkanes of at least 4 members (excludes halogenated alkanes) is 1. The molecule has 3 rings (SSSR count). The molecule has 0 aliphatic carbocycles. The first-order valence-corrected chi connectivity index (χ1v) is 12.7. The monoisotopic (exact) mass is 473 g/mol. The fourth-order valence-electron chi connectivity index (χ4n) is 4.28. The summed E-state index contributed by atoms with van der Waals surface area (Å²) < 4.78 is 2.21. The number of rotatable bonds is 12. The summed E-state index contributed by atoms with van der Waals surface area (Å²) in [5.74, 6) is 0.170. The van der Waals surface area contributed by atoms with Gasteiger partial charge < -0.3 is 14.4 Å². The van der Waals surface area contributed by atoms with Crippen LogP contribution < -0.4 is 0 Å². The summed E-state index contributed by atoms with van der Waals surface area (Å²) in [6.45, 7) is 11.0. The predicted octanol–water partition coefficient (Wildman–Crippen LogP) is 5.77. The minimum absolute atomic E-state index is 0.00770. The fraction of sp³-hybridized carbons (Fsp3) is 0.400. The first-order chi connectivity index (χ1) is 16.9. The first kappa shape index (κ1) is 26.3. The molecule has 0 unspecified atom stereocenters. The number of aromatic nitrogens is 1. The molecular weight excluding hydrogens is 434 g/mol. The van der Waals surface area contributed by atoms with E-state index in [1.165, 1.54) is 11.1 Å².